The first-order valence-corrected chi connectivity index (χ1v) is 6.61. The smallest absolute Gasteiger partial charge is 0.508 e. The first-order valence-electron chi connectivity index (χ1n) is 6.61. The molecule has 1 rings (SSSR count). The van der Waals surface area contributed by atoms with Crippen molar-refractivity contribution in [1.29, 1.82) is 0 Å². The molecule has 6 nitrogen and oxygen atoms in total. The molecule has 0 spiro atoms. The van der Waals surface area contributed by atoms with Gasteiger partial charge < -0.3 is 19.9 Å². The summed E-state index contributed by atoms with van der Waals surface area (Å²) in [7, 11) is 1.60. The van der Waals surface area contributed by atoms with E-state index < -0.39 is 23.8 Å². The van der Waals surface area contributed by atoms with Crippen molar-refractivity contribution >= 4 is 12.1 Å². The maximum atomic E-state index is 11.9. The molecule has 0 aliphatic rings. The van der Waals surface area contributed by atoms with E-state index in [9.17, 15) is 14.7 Å². The molecule has 1 atom stereocenters. The van der Waals surface area contributed by atoms with Crippen LogP contribution in [0.2, 0.25) is 0 Å². The molecule has 6 heteroatoms. The zero-order valence-corrected chi connectivity index (χ0v) is 12.7. The zero-order chi connectivity index (χ0) is 16.0. The number of rotatable bonds is 4. The molecule has 0 saturated heterocycles. The number of hydrogen-bond acceptors (Lipinski definition) is 6. The maximum absolute atomic E-state index is 11.9. The molecule has 116 valence electrons. The van der Waals surface area contributed by atoms with Gasteiger partial charge in [0.15, 0.2) is 0 Å². The van der Waals surface area contributed by atoms with Crippen LogP contribution in [0, 0.1) is 0 Å². The lowest BCUT2D eigenvalue weighted by atomic mass is 10.1. The van der Waals surface area contributed by atoms with Gasteiger partial charge in [-0.3, -0.25) is 0 Å². The van der Waals surface area contributed by atoms with E-state index in [-0.39, 0.29) is 5.75 Å². The third-order valence-corrected chi connectivity index (χ3v) is 2.58. The van der Waals surface area contributed by atoms with Gasteiger partial charge in [-0.2, -0.15) is 0 Å². The van der Waals surface area contributed by atoms with Crippen molar-refractivity contribution in [3.63, 3.8) is 0 Å². The summed E-state index contributed by atoms with van der Waals surface area (Å²) in [5.41, 5.74) is 0.108. The highest BCUT2D eigenvalue weighted by Gasteiger charge is 2.25. The second kappa shape index (κ2) is 7.08. The second-order valence-corrected chi connectivity index (χ2v) is 5.60. The van der Waals surface area contributed by atoms with Crippen LogP contribution >= 0.6 is 0 Å². The van der Waals surface area contributed by atoms with E-state index in [1.54, 1.807) is 40.0 Å². The molecule has 0 fully saturated rings. The van der Waals surface area contributed by atoms with E-state index >= 15 is 0 Å². The molecule has 2 N–H and O–H groups in total. The molecule has 0 bridgehead atoms. The van der Waals surface area contributed by atoms with Crippen molar-refractivity contribution in [3.8, 4) is 5.75 Å². The van der Waals surface area contributed by atoms with Gasteiger partial charge in [0.25, 0.3) is 0 Å². The van der Waals surface area contributed by atoms with Crippen molar-refractivity contribution in [2.24, 2.45) is 0 Å². The van der Waals surface area contributed by atoms with Gasteiger partial charge in [0.1, 0.15) is 17.4 Å². The summed E-state index contributed by atoms with van der Waals surface area (Å²) in [6, 6.07) is 5.77. The number of likely N-dealkylation sites (N-methyl/N-ethyl adjacent to an activating group) is 1. The molecule has 0 saturated carbocycles. The minimum absolute atomic E-state index is 0.149. The monoisotopic (exact) mass is 295 g/mol. The number of carbonyl (C=O) groups excluding carboxylic acids is 2. The van der Waals surface area contributed by atoms with Crippen LogP contribution in [0.1, 0.15) is 26.3 Å². The Bertz CT molecular complexity index is 490. The van der Waals surface area contributed by atoms with Crippen LogP contribution in [0.15, 0.2) is 24.3 Å². The lowest BCUT2D eigenvalue weighted by molar-refractivity contribution is -0.143. The highest BCUT2D eigenvalue weighted by Crippen LogP contribution is 2.13. The number of aromatic hydroxyl groups is 1. The number of ether oxygens (including phenoxy) is 2. The first kappa shape index (κ1) is 17.0. The van der Waals surface area contributed by atoms with Gasteiger partial charge in [-0.05, 0) is 51.9 Å². The Labute approximate surface area is 124 Å². The Morgan fingerprint density at radius 2 is 1.81 bits per heavy atom. The van der Waals surface area contributed by atoms with Crippen LogP contribution in [-0.4, -0.2) is 35.9 Å². The van der Waals surface area contributed by atoms with Gasteiger partial charge in [-0.25, -0.2) is 9.59 Å². The average Bonchev–Trinajstić information content (AvgIpc) is 2.35. The Morgan fingerprint density at radius 1 is 1.24 bits per heavy atom. The number of carbonyl (C=O) groups is 2. The molecule has 0 heterocycles. The minimum atomic E-state index is -1.02. The molecule has 0 unspecified atom stereocenters. The van der Waals surface area contributed by atoms with Crippen molar-refractivity contribution in [2.45, 2.75) is 38.8 Å². The summed E-state index contributed by atoms with van der Waals surface area (Å²) >= 11 is 0. The lowest BCUT2D eigenvalue weighted by Gasteiger charge is -2.20. The van der Waals surface area contributed by atoms with Crippen LogP contribution in [0.3, 0.4) is 0 Å². The Kier molecular flexibility index (Phi) is 5.72. The minimum Gasteiger partial charge on any atom is -0.508 e. The van der Waals surface area contributed by atoms with Gasteiger partial charge in [0, 0.05) is 0 Å². The predicted molar refractivity (Wildman–Crippen MR) is 77.0 cm³/mol. The highest BCUT2D eigenvalue weighted by molar-refractivity contribution is 5.85. The van der Waals surface area contributed by atoms with E-state index in [0.29, 0.717) is 6.42 Å². The number of phenolic OH excluding ortho intramolecular Hbond substituents is 1. The quantitative estimate of drug-likeness (QED) is 0.653. The lowest BCUT2D eigenvalue weighted by Crippen LogP contribution is -2.39. The third-order valence-electron chi connectivity index (χ3n) is 2.58. The van der Waals surface area contributed by atoms with Gasteiger partial charge >= 0.3 is 12.1 Å². The second-order valence-electron chi connectivity index (χ2n) is 5.60. The molecular formula is C15H21NO5. The summed E-state index contributed by atoms with van der Waals surface area (Å²) in [6.45, 7) is 5.06. The normalized spacial score (nSPS) is 12.6. The van der Waals surface area contributed by atoms with Gasteiger partial charge in [-0.15, -0.1) is 0 Å². The highest BCUT2D eigenvalue weighted by atomic mass is 16.7. The van der Waals surface area contributed by atoms with Crippen LogP contribution in [0.4, 0.5) is 4.79 Å². The number of nitrogens with one attached hydrogen (secondary N) is 1. The third kappa shape index (κ3) is 6.27. The van der Waals surface area contributed by atoms with Crippen LogP contribution in [-0.2, 0) is 20.7 Å². The largest absolute Gasteiger partial charge is 0.516 e. The molecule has 1 aromatic carbocycles. The van der Waals surface area contributed by atoms with E-state index in [1.165, 1.54) is 12.1 Å². The Morgan fingerprint density at radius 3 is 2.29 bits per heavy atom. The fourth-order valence-corrected chi connectivity index (χ4v) is 1.60. The van der Waals surface area contributed by atoms with Crippen LogP contribution < -0.4 is 5.32 Å². The number of hydrogen-bond donors (Lipinski definition) is 2. The molecule has 21 heavy (non-hydrogen) atoms. The van der Waals surface area contributed by atoms with Gasteiger partial charge in [-0.1, -0.05) is 12.1 Å². The molecule has 1 aromatic rings. The van der Waals surface area contributed by atoms with E-state index in [0.717, 1.165) is 5.56 Å². The van der Waals surface area contributed by atoms with Crippen molar-refractivity contribution < 1.29 is 24.2 Å². The summed E-state index contributed by atoms with van der Waals surface area (Å²) in [6.07, 6.45) is -0.684. The molecule has 0 radical (unpaired) electrons. The molecule has 0 amide bonds. The van der Waals surface area contributed by atoms with Crippen molar-refractivity contribution in [1.82, 2.24) is 5.32 Å². The fraction of sp³-hybridized carbons (Fsp3) is 0.467. The number of phenols is 1. The molecular weight excluding hydrogens is 274 g/mol. The standard InChI is InChI=1S/C15H21NO5/c1-15(2,3)21-14(19)20-13(18)12(16-4)9-10-5-7-11(17)8-6-10/h5-8,12,16-17H,9H2,1-4H3/t12-/m0/s1. The van der Waals surface area contributed by atoms with E-state index in [1.807, 2.05) is 0 Å². The summed E-state index contributed by atoms with van der Waals surface area (Å²) in [5.74, 6) is -0.559. The maximum Gasteiger partial charge on any atom is 0.516 e. The molecule has 0 aliphatic carbocycles. The fourth-order valence-electron chi connectivity index (χ4n) is 1.60. The topological polar surface area (TPSA) is 84.9 Å². The SMILES string of the molecule is CN[C@@H](Cc1ccc(O)cc1)C(=O)OC(=O)OC(C)(C)C. The Hall–Kier alpha value is -2.08. The average molecular weight is 295 g/mol. The van der Waals surface area contributed by atoms with E-state index in [4.69, 9.17) is 4.74 Å². The summed E-state index contributed by atoms with van der Waals surface area (Å²) in [4.78, 5) is 23.4. The number of benzene rings is 1. The first-order chi connectivity index (χ1) is 9.71. The molecule has 0 aliphatic heterocycles. The Balaban J connectivity index is 2.61. The molecule has 0 aromatic heterocycles. The van der Waals surface area contributed by atoms with Crippen LogP contribution in [0.25, 0.3) is 0 Å². The van der Waals surface area contributed by atoms with Crippen molar-refractivity contribution in [3.05, 3.63) is 29.8 Å². The summed E-state index contributed by atoms with van der Waals surface area (Å²) in [5, 5.41) is 12.0. The van der Waals surface area contributed by atoms with Crippen LogP contribution in [0.5, 0.6) is 5.75 Å². The van der Waals surface area contributed by atoms with Gasteiger partial charge in [0.05, 0.1) is 0 Å². The van der Waals surface area contributed by atoms with E-state index in [2.05, 4.69) is 10.1 Å². The number of esters is 1. The van der Waals surface area contributed by atoms with Crippen molar-refractivity contribution in [2.75, 3.05) is 7.05 Å². The predicted octanol–water partition coefficient (Wildman–Crippen LogP) is 2.00. The summed E-state index contributed by atoms with van der Waals surface area (Å²) < 4.78 is 9.59. The van der Waals surface area contributed by atoms with Gasteiger partial charge in [0.2, 0.25) is 0 Å². The zero-order valence-electron chi connectivity index (χ0n) is 12.7.